The van der Waals surface area contributed by atoms with Gasteiger partial charge in [-0.3, -0.25) is 10.3 Å². The number of fused-ring (bicyclic) bond motifs is 1. The van der Waals surface area contributed by atoms with E-state index >= 15 is 0 Å². The maximum absolute atomic E-state index is 7.87. The molecule has 0 aromatic heterocycles. The second kappa shape index (κ2) is 6.54. The average molecular weight is 317 g/mol. The fourth-order valence-electron chi connectivity index (χ4n) is 2.00. The predicted molar refractivity (Wildman–Crippen MR) is 96.6 cm³/mol. The third-order valence-corrected chi connectivity index (χ3v) is 4.77. The van der Waals surface area contributed by atoms with Gasteiger partial charge in [0.2, 0.25) is 0 Å². The number of rotatable bonds is 1. The molecule has 1 aliphatic rings. The maximum Gasteiger partial charge on any atom is 0.181 e. The molecule has 3 nitrogen and oxygen atoms in total. The van der Waals surface area contributed by atoms with E-state index in [1.807, 2.05) is 25.3 Å². The van der Waals surface area contributed by atoms with E-state index in [2.05, 4.69) is 42.5 Å². The fourth-order valence-corrected chi connectivity index (χ4v) is 3.28. The van der Waals surface area contributed by atoms with Crippen LogP contribution in [0.15, 0.2) is 56.9 Å². The molecule has 0 fully saturated rings. The molecule has 1 aromatic carbocycles. The summed E-state index contributed by atoms with van der Waals surface area (Å²) in [6.45, 7) is 10.2. The SMILES string of the molecule is C=C(C)/C(=N\C(=N)SC)N1C(=C(C)C)Sc2ccccc21. The lowest BCUT2D eigenvalue weighted by atomic mass is 10.2. The molecule has 21 heavy (non-hydrogen) atoms. The van der Waals surface area contributed by atoms with Gasteiger partial charge >= 0.3 is 0 Å². The van der Waals surface area contributed by atoms with E-state index in [0.29, 0.717) is 0 Å². The monoisotopic (exact) mass is 317 g/mol. The molecule has 0 saturated carbocycles. The molecule has 0 amide bonds. The van der Waals surface area contributed by atoms with Crippen LogP contribution >= 0.6 is 23.5 Å². The molecule has 1 N–H and O–H groups in total. The Bertz CT molecular complexity index is 655. The number of aliphatic imine (C=N–C) groups is 1. The van der Waals surface area contributed by atoms with Crippen LogP contribution in [-0.4, -0.2) is 17.3 Å². The minimum Gasteiger partial charge on any atom is -0.287 e. The number of amidine groups is 2. The summed E-state index contributed by atoms with van der Waals surface area (Å²) < 4.78 is 0. The molecule has 1 heterocycles. The van der Waals surface area contributed by atoms with Gasteiger partial charge in [0.15, 0.2) is 5.17 Å². The summed E-state index contributed by atoms with van der Waals surface area (Å²) in [5.74, 6) is 0.739. The highest BCUT2D eigenvalue weighted by Crippen LogP contribution is 2.47. The van der Waals surface area contributed by atoms with E-state index < -0.39 is 0 Å². The lowest BCUT2D eigenvalue weighted by molar-refractivity contribution is 1.22. The van der Waals surface area contributed by atoms with Crippen molar-refractivity contribution in [3.63, 3.8) is 0 Å². The van der Waals surface area contributed by atoms with E-state index in [0.717, 1.165) is 22.1 Å². The summed E-state index contributed by atoms with van der Waals surface area (Å²) in [5, 5.41) is 9.30. The molecule has 2 rings (SSSR count). The Morgan fingerprint density at radius 2 is 1.95 bits per heavy atom. The first-order valence-corrected chi connectivity index (χ1v) is 8.61. The number of nitrogens with zero attached hydrogens (tertiary/aromatic N) is 2. The van der Waals surface area contributed by atoms with Gasteiger partial charge in [-0.2, -0.15) is 0 Å². The van der Waals surface area contributed by atoms with Crippen molar-refractivity contribution in [2.24, 2.45) is 4.99 Å². The molecule has 0 radical (unpaired) electrons. The zero-order valence-electron chi connectivity index (χ0n) is 12.7. The molecule has 0 saturated heterocycles. The largest absolute Gasteiger partial charge is 0.287 e. The number of thioether (sulfide) groups is 2. The highest BCUT2D eigenvalue weighted by molar-refractivity contribution is 8.13. The Hall–Kier alpha value is -1.46. The van der Waals surface area contributed by atoms with Gasteiger partial charge in [-0.25, -0.2) is 4.99 Å². The first kappa shape index (κ1) is 15.9. The van der Waals surface area contributed by atoms with Gasteiger partial charge in [-0.1, -0.05) is 42.2 Å². The molecule has 0 spiro atoms. The Labute approximate surface area is 134 Å². The summed E-state index contributed by atoms with van der Waals surface area (Å²) in [7, 11) is 0. The van der Waals surface area contributed by atoms with Crippen LogP contribution in [0, 0.1) is 5.41 Å². The minimum absolute atomic E-state index is 0.287. The van der Waals surface area contributed by atoms with Crippen molar-refractivity contribution in [2.75, 3.05) is 11.2 Å². The molecule has 0 bridgehead atoms. The van der Waals surface area contributed by atoms with E-state index in [1.165, 1.54) is 22.2 Å². The van der Waals surface area contributed by atoms with Crippen LogP contribution in [0.25, 0.3) is 0 Å². The molecule has 0 unspecified atom stereocenters. The van der Waals surface area contributed by atoms with Crippen LogP contribution in [0.3, 0.4) is 0 Å². The van der Waals surface area contributed by atoms with Gasteiger partial charge < -0.3 is 0 Å². The van der Waals surface area contributed by atoms with Gasteiger partial charge in [0.25, 0.3) is 0 Å². The van der Waals surface area contributed by atoms with E-state index in [9.17, 15) is 0 Å². The Kier molecular flexibility index (Phi) is 4.96. The van der Waals surface area contributed by atoms with E-state index in [1.54, 1.807) is 11.8 Å². The second-order valence-corrected chi connectivity index (χ2v) is 6.76. The van der Waals surface area contributed by atoms with Crippen LogP contribution in [0.5, 0.6) is 0 Å². The van der Waals surface area contributed by atoms with Gasteiger partial charge in [-0.15, -0.1) is 0 Å². The van der Waals surface area contributed by atoms with Gasteiger partial charge in [-0.05, 0) is 50.3 Å². The van der Waals surface area contributed by atoms with Crippen molar-refractivity contribution >= 4 is 40.2 Å². The summed E-state index contributed by atoms with van der Waals surface area (Å²) in [4.78, 5) is 7.77. The van der Waals surface area contributed by atoms with Crippen LogP contribution in [-0.2, 0) is 0 Å². The molecule has 1 aromatic rings. The number of anilines is 1. The molecule has 110 valence electrons. The van der Waals surface area contributed by atoms with Crippen molar-refractivity contribution in [3.05, 3.63) is 47.0 Å². The second-order valence-electron chi connectivity index (χ2n) is 4.94. The lowest BCUT2D eigenvalue weighted by Crippen LogP contribution is -2.28. The molecular weight excluding hydrogens is 298 g/mol. The Morgan fingerprint density at radius 1 is 1.29 bits per heavy atom. The van der Waals surface area contributed by atoms with Crippen molar-refractivity contribution in [2.45, 2.75) is 25.7 Å². The summed E-state index contributed by atoms with van der Waals surface area (Å²) >= 11 is 3.06. The molecule has 1 aliphatic heterocycles. The highest BCUT2D eigenvalue weighted by Gasteiger charge is 2.29. The quantitative estimate of drug-likeness (QED) is 0.577. The first-order chi connectivity index (χ1) is 9.95. The van der Waals surface area contributed by atoms with Gasteiger partial charge in [0.1, 0.15) is 5.84 Å². The minimum atomic E-state index is 0.287. The molecule has 0 aliphatic carbocycles. The van der Waals surface area contributed by atoms with Crippen molar-refractivity contribution in [1.82, 2.24) is 0 Å². The van der Waals surface area contributed by atoms with E-state index in [4.69, 9.17) is 5.41 Å². The Morgan fingerprint density at radius 3 is 2.52 bits per heavy atom. The Balaban J connectivity index is 2.61. The van der Waals surface area contributed by atoms with Crippen LogP contribution in [0.1, 0.15) is 20.8 Å². The highest BCUT2D eigenvalue weighted by atomic mass is 32.2. The summed E-state index contributed by atoms with van der Waals surface area (Å²) in [6.07, 6.45) is 1.86. The number of hydrogen-bond acceptors (Lipinski definition) is 3. The topological polar surface area (TPSA) is 39.5 Å². The number of hydrogen-bond donors (Lipinski definition) is 1. The van der Waals surface area contributed by atoms with Gasteiger partial charge in [0, 0.05) is 4.90 Å². The lowest BCUT2D eigenvalue weighted by Gasteiger charge is -2.23. The van der Waals surface area contributed by atoms with Gasteiger partial charge in [0.05, 0.1) is 10.7 Å². The van der Waals surface area contributed by atoms with Crippen molar-refractivity contribution in [3.8, 4) is 0 Å². The number of nitrogens with one attached hydrogen (secondary N) is 1. The zero-order chi connectivity index (χ0) is 15.6. The smallest absolute Gasteiger partial charge is 0.181 e. The summed E-state index contributed by atoms with van der Waals surface area (Å²) in [5.41, 5.74) is 3.18. The first-order valence-electron chi connectivity index (χ1n) is 6.57. The third kappa shape index (κ3) is 3.24. The average Bonchev–Trinajstić information content (AvgIpc) is 2.83. The number of allylic oxidation sites excluding steroid dienone is 1. The van der Waals surface area contributed by atoms with E-state index in [-0.39, 0.29) is 5.17 Å². The zero-order valence-corrected chi connectivity index (χ0v) is 14.4. The number of para-hydroxylation sites is 1. The van der Waals surface area contributed by atoms with Crippen molar-refractivity contribution < 1.29 is 0 Å². The number of benzene rings is 1. The molecular formula is C16H19N3S2. The standard InChI is InChI=1S/C16H19N3S2/c1-10(2)14(18-16(17)20-5)19-12-8-6-7-9-13(12)21-15(19)11(3)4/h6-9,17H,1H2,2-5H3/b17-16?,18-14+. The fraction of sp³-hybridized carbons (Fsp3) is 0.250. The maximum atomic E-state index is 7.87. The molecule has 5 heteroatoms. The van der Waals surface area contributed by atoms with Crippen molar-refractivity contribution in [1.29, 1.82) is 5.41 Å². The van der Waals surface area contributed by atoms with Crippen LogP contribution < -0.4 is 4.90 Å². The third-order valence-electron chi connectivity index (χ3n) is 2.94. The predicted octanol–water partition coefficient (Wildman–Crippen LogP) is 5.12. The summed E-state index contributed by atoms with van der Waals surface area (Å²) in [6, 6.07) is 8.26. The molecule has 0 atom stereocenters. The van der Waals surface area contributed by atoms with Crippen LogP contribution in [0.4, 0.5) is 5.69 Å². The normalized spacial score (nSPS) is 14.2. The van der Waals surface area contributed by atoms with Crippen LogP contribution in [0.2, 0.25) is 0 Å².